The van der Waals surface area contributed by atoms with Crippen LogP contribution in [0, 0.1) is 5.92 Å². The first-order valence-corrected chi connectivity index (χ1v) is 7.30. The van der Waals surface area contributed by atoms with Gasteiger partial charge in [0, 0.05) is 12.6 Å². The summed E-state index contributed by atoms with van der Waals surface area (Å²) in [6.07, 6.45) is 12.4. The first-order valence-electron chi connectivity index (χ1n) is 7.30. The van der Waals surface area contributed by atoms with Gasteiger partial charge in [0.1, 0.15) is 0 Å². The minimum atomic E-state index is 0.566. The van der Waals surface area contributed by atoms with Crippen LogP contribution in [0.2, 0.25) is 0 Å². The number of nitrogens with one attached hydrogen (secondary N) is 1. The summed E-state index contributed by atoms with van der Waals surface area (Å²) in [7, 11) is 0. The van der Waals surface area contributed by atoms with E-state index in [2.05, 4.69) is 12.2 Å². The molecule has 1 saturated carbocycles. The third-order valence-corrected chi connectivity index (χ3v) is 3.61. The smallest absolute Gasteiger partial charge is 0.0190 e. The molecule has 0 bridgehead atoms. The van der Waals surface area contributed by atoms with Crippen LogP contribution in [-0.2, 0) is 0 Å². The number of hydrogen-bond acceptors (Lipinski definition) is 2. The maximum absolute atomic E-state index is 5.78. The summed E-state index contributed by atoms with van der Waals surface area (Å²) in [4.78, 5) is 0. The third kappa shape index (κ3) is 7.24. The molecule has 1 rings (SSSR count). The minimum absolute atomic E-state index is 0.566. The van der Waals surface area contributed by atoms with E-state index in [0.29, 0.717) is 6.04 Å². The van der Waals surface area contributed by atoms with E-state index in [1.54, 1.807) is 0 Å². The summed E-state index contributed by atoms with van der Waals surface area (Å²) in [6, 6.07) is 0.566. The molecule has 2 nitrogen and oxygen atoms in total. The van der Waals surface area contributed by atoms with Gasteiger partial charge in [0.05, 0.1) is 0 Å². The van der Waals surface area contributed by atoms with Gasteiger partial charge in [-0.3, -0.25) is 0 Å². The van der Waals surface area contributed by atoms with Crippen LogP contribution < -0.4 is 11.1 Å². The highest BCUT2D eigenvalue weighted by atomic mass is 14.9. The fraction of sp³-hybridized carbons (Fsp3) is 1.00. The zero-order chi connectivity index (χ0) is 11.6. The molecule has 1 aliphatic carbocycles. The van der Waals surface area contributed by atoms with Gasteiger partial charge in [0.2, 0.25) is 0 Å². The van der Waals surface area contributed by atoms with Gasteiger partial charge in [-0.05, 0) is 31.7 Å². The summed E-state index contributed by atoms with van der Waals surface area (Å²) in [5.74, 6) is 1.07. The SMILES string of the molecule is CCCCCCC(CN)NCCCC1CC1. The van der Waals surface area contributed by atoms with Gasteiger partial charge in [-0.25, -0.2) is 0 Å². The van der Waals surface area contributed by atoms with Gasteiger partial charge < -0.3 is 11.1 Å². The Labute approximate surface area is 101 Å². The van der Waals surface area contributed by atoms with Gasteiger partial charge in [0.25, 0.3) is 0 Å². The van der Waals surface area contributed by atoms with E-state index < -0.39 is 0 Å². The molecule has 1 atom stereocenters. The lowest BCUT2D eigenvalue weighted by Crippen LogP contribution is -2.36. The van der Waals surface area contributed by atoms with Gasteiger partial charge in [0.15, 0.2) is 0 Å². The van der Waals surface area contributed by atoms with E-state index in [9.17, 15) is 0 Å². The Bertz CT molecular complexity index is 155. The Morgan fingerprint density at radius 3 is 2.62 bits per heavy atom. The van der Waals surface area contributed by atoms with Crippen molar-refractivity contribution in [2.45, 2.75) is 70.8 Å². The average Bonchev–Trinajstić information content (AvgIpc) is 3.11. The Kier molecular flexibility index (Phi) is 7.87. The first-order chi connectivity index (χ1) is 7.86. The van der Waals surface area contributed by atoms with Crippen molar-refractivity contribution in [3.8, 4) is 0 Å². The quantitative estimate of drug-likeness (QED) is 0.531. The molecule has 0 aliphatic heterocycles. The molecule has 1 fully saturated rings. The molecule has 1 unspecified atom stereocenters. The number of rotatable bonds is 11. The van der Waals surface area contributed by atoms with E-state index in [1.807, 2.05) is 0 Å². The van der Waals surface area contributed by atoms with Gasteiger partial charge in [-0.1, -0.05) is 45.4 Å². The fourth-order valence-electron chi connectivity index (χ4n) is 2.22. The predicted octanol–water partition coefficient (Wildman–Crippen LogP) is 3.06. The predicted molar refractivity (Wildman–Crippen MR) is 71.6 cm³/mol. The van der Waals surface area contributed by atoms with E-state index in [0.717, 1.165) is 12.5 Å². The maximum Gasteiger partial charge on any atom is 0.0190 e. The Morgan fingerprint density at radius 2 is 2.00 bits per heavy atom. The molecule has 0 radical (unpaired) electrons. The van der Waals surface area contributed by atoms with Crippen molar-refractivity contribution in [1.82, 2.24) is 5.32 Å². The molecule has 3 N–H and O–H groups in total. The minimum Gasteiger partial charge on any atom is -0.329 e. The zero-order valence-electron chi connectivity index (χ0n) is 11.0. The molecule has 0 aromatic rings. The van der Waals surface area contributed by atoms with Gasteiger partial charge in [-0.15, -0.1) is 0 Å². The van der Waals surface area contributed by atoms with Crippen molar-refractivity contribution in [3.63, 3.8) is 0 Å². The lowest BCUT2D eigenvalue weighted by atomic mass is 10.1. The van der Waals surface area contributed by atoms with Crippen LogP contribution in [0.1, 0.15) is 64.7 Å². The average molecular weight is 226 g/mol. The molecular weight excluding hydrogens is 196 g/mol. The van der Waals surface area contributed by atoms with Gasteiger partial charge in [-0.2, -0.15) is 0 Å². The summed E-state index contributed by atoms with van der Waals surface area (Å²) in [5, 5.41) is 3.60. The van der Waals surface area contributed by atoms with E-state index in [-0.39, 0.29) is 0 Å². The molecule has 0 heterocycles. The van der Waals surface area contributed by atoms with Crippen LogP contribution in [0.3, 0.4) is 0 Å². The second-order valence-corrected chi connectivity index (χ2v) is 5.32. The van der Waals surface area contributed by atoms with Crippen LogP contribution in [-0.4, -0.2) is 19.1 Å². The van der Waals surface area contributed by atoms with E-state index >= 15 is 0 Å². The van der Waals surface area contributed by atoms with Crippen molar-refractivity contribution >= 4 is 0 Å². The third-order valence-electron chi connectivity index (χ3n) is 3.61. The Hall–Kier alpha value is -0.0800. The lowest BCUT2D eigenvalue weighted by molar-refractivity contribution is 0.450. The molecular formula is C14H30N2. The van der Waals surface area contributed by atoms with Crippen molar-refractivity contribution in [2.24, 2.45) is 11.7 Å². The van der Waals surface area contributed by atoms with E-state index in [1.165, 1.54) is 64.3 Å². The summed E-state index contributed by atoms with van der Waals surface area (Å²) >= 11 is 0. The summed E-state index contributed by atoms with van der Waals surface area (Å²) in [6.45, 7) is 4.23. The second kappa shape index (κ2) is 9.00. The van der Waals surface area contributed by atoms with Crippen LogP contribution in [0.4, 0.5) is 0 Å². The van der Waals surface area contributed by atoms with Crippen molar-refractivity contribution < 1.29 is 0 Å². The van der Waals surface area contributed by atoms with Crippen molar-refractivity contribution in [1.29, 1.82) is 0 Å². The molecule has 0 saturated heterocycles. The zero-order valence-corrected chi connectivity index (χ0v) is 11.0. The lowest BCUT2D eigenvalue weighted by Gasteiger charge is -2.16. The molecule has 0 amide bonds. The monoisotopic (exact) mass is 226 g/mol. The maximum atomic E-state index is 5.78. The van der Waals surface area contributed by atoms with Crippen LogP contribution >= 0.6 is 0 Å². The molecule has 96 valence electrons. The molecule has 1 aliphatic rings. The number of unbranched alkanes of at least 4 members (excludes halogenated alkanes) is 3. The molecule has 0 aromatic carbocycles. The van der Waals surface area contributed by atoms with Crippen LogP contribution in [0.25, 0.3) is 0 Å². The first kappa shape index (κ1) is 14.0. The topological polar surface area (TPSA) is 38.0 Å². The molecule has 0 spiro atoms. The highest BCUT2D eigenvalue weighted by Gasteiger charge is 2.20. The summed E-state index contributed by atoms with van der Waals surface area (Å²) < 4.78 is 0. The molecule has 16 heavy (non-hydrogen) atoms. The highest BCUT2D eigenvalue weighted by molar-refractivity contribution is 4.74. The number of nitrogens with two attached hydrogens (primary N) is 1. The van der Waals surface area contributed by atoms with E-state index in [4.69, 9.17) is 5.73 Å². The van der Waals surface area contributed by atoms with Crippen LogP contribution in [0.15, 0.2) is 0 Å². The molecule has 2 heteroatoms. The Balaban J connectivity index is 1.88. The largest absolute Gasteiger partial charge is 0.329 e. The summed E-state index contributed by atoms with van der Waals surface area (Å²) in [5.41, 5.74) is 5.78. The molecule has 0 aromatic heterocycles. The Morgan fingerprint density at radius 1 is 1.19 bits per heavy atom. The normalized spacial score (nSPS) is 17.6. The van der Waals surface area contributed by atoms with Crippen molar-refractivity contribution in [3.05, 3.63) is 0 Å². The second-order valence-electron chi connectivity index (χ2n) is 5.32. The van der Waals surface area contributed by atoms with Crippen molar-refractivity contribution in [2.75, 3.05) is 13.1 Å². The highest BCUT2D eigenvalue weighted by Crippen LogP contribution is 2.33. The van der Waals surface area contributed by atoms with Crippen LogP contribution in [0.5, 0.6) is 0 Å². The van der Waals surface area contributed by atoms with Gasteiger partial charge >= 0.3 is 0 Å². The standard InChI is InChI=1S/C14H30N2/c1-2-3-4-5-8-14(12-15)16-11-6-7-13-9-10-13/h13-14,16H,2-12,15H2,1H3. The fourth-order valence-corrected chi connectivity index (χ4v) is 2.22. The number of hydrogen-bond donors (Lipinski definition) is 2.